The summed E-state index contributed by atoms with van der Waals surface area (Å²) in [4.78, 5) is 157. The number of carboxylic acids is 2. The number of aromatic amines is 1. The van der Waals surface area contributed by atoms with Gasteiger partial charge in [0.25, 0.3) is 0 Å². The highest BCUT2D eigenvalue weighted by atomic mass is 16.4. The molecule has 1 saturated heterocycles. The van der Waals surface area contributed by atoms with Crippen molar-refractivity contribution in [1.29, 1.82) is 0 Å². The summed E-state index contributed by atoms with van der Waals surface area (Å²) in [6.07, 6.45) is -0.923. The van der Waals surface area contributed by atoms with Crippen molar-refractivity contribution >= 4 is 82.0 Å². The molecule has 0 unspecified atom stereocenters. The van der Waals surface area contributed by atoms with Gasteiger partial charge in [-0.3, -0.25) is 52.9 Å². The van der Waals surface area contributed by atoms with Crippen LogP contribution in [0.3, 0.4) is 0 Å². The van der Waals surface area contributed by atoms with Crippen LogP contribution in [0.15, 0.2) is 59.7 Å². The number of carbonyl (C=O) groups excluding carboxylic acids is 9. The first-order chi connectivity index (χ1) is 41.2. The molecular weight excluding hydrogens is 1130 g/mol. The highest BCUT2D eigenvalue weighted by molar-refractivity contribution is 5.99. The van der Waals surface area contributed by atoms with Crippen LogP contribution in [0.2, 0.25) is 0 Å². The van der Waals surface area contributed by atoms with Gasteiger partial charge in [0.05, 0.1) is 12.1 Å². The summed E-state index contributed by atoms with van der Waals surface area (Å²) < 4.78 is 0. The Kier molecular flexibility index (Phi) is 28.3. The third kappa shape index (κ3) is 23.1. The minimum Gasteiger partial charge on any atom is -0.508 e. The van der Waals surface area contributed by atoms with E-state index in [1.54, 1.807) is 44.3 Å². The Bertz CT molecular complexity index is 2900. The van der Waals surface area contributed by atoms with Gasteiger partial charge in [-0.15, -0.1) is 0 Å². The van der Waals surface area contributed by atoms with Gasteiger partial charge in [0.2, 0.25) is 53.2 Å². The fraction of sp³-hybridized carbons (Fsp3) is 0.544. The lowest BCUT2D eigenvalue weighted by atomic mass is 9.99. The smallest absolute Gasteiger partial charge is 0.326 e. The lowest BCUT2D eigenvalue weighted by Crippen LogP contribution is -2.61. The second kappa shape index (κ2) is 34.9. The summed E-state index contributed by atoms with van der Waals surface area (Å²) in [7, 11) is 0. The minimum atomic E-state index is -1.61. The number of amides is 9. The van der Waals surface area contributed by atoms with Gasteiger partial charge in [0.15, 0.2) is 5.96 Å². The van der Waals surface area contributed by atoms with Gasteiger partial charge >= 0.3 is 11.9 Å². The standard InChI is InChI=1S/C57H85N15O15/c1-30(2)26-41(68-50(80)39(19-21-45(60)75)65-49(79)38(13-6-7-23-58)67-54(84)47(31(3)73)71-48(78)36(59)11-8-24-63-57(61)62)52(82)69-42(27-32-15-17-34(74)18-16-32)55(85)72-25-9-14-44(72)53(83)66-40(20-22-46(76)77)51(81)70-43(56(86)87)28-33-29-64-37-12-5-4-10-35(33)37/h4-5,10,12,15-18,29-31,36,38-44,47,64,73-74H,6-9,11,13-14,19-28,58-59H2,1-3H3,(H2,60,75)(H,65,79)(H,66,83)(H,67,84)(H,68,80)(H,69,82)(H,70,81)(H,71,78)(H,76,77)(H,86,87)(H4,61,62,63)/t31-,36+,38+,39+,40+,41+,42+,43+,44+,47+/m1/s1. The van der Waals surface area contributed by atoms with Gasteiger partial charge < -0.3 is 96.2 Å². The third-order valence-electron chi connectivity index (χ3n) is 14.4. The monoisotopic (exact) mass is 1220 g/mol. The number of benzene rings is 2. The number of H-pyrrole nitrogens is 1. The van der Waals surface area contributed by atoms with Crippen LogP contribution in [0, 0.1) is 5.92 Å². The minimum absolute atomic E-state index is 0.0249. The van der Waals surface area contributed by atoms with Gasteiger partial charge in [0, 0.05) is 55.9 Å². The number of carbonyl (C=O) groups is 11. The second-order valence-electron chi connectivity index (χ2n) is 22.0. The molecule has 30 heteroatoms. The molecule has 2 aromatic carbocycles. The molecule has 2 heterocycles. The number of carboxylic acid groups (broad SMARTS) is 2. The van der Waals surface area contributed by atoms with E-state index in [1.165, 1.54) is 36.1 Å². The Morgan fingerprint density at radius 2 is 1.25 bits per heavy atom. The number of rotatable bonds is 37. The zero-order valence-corrected chi connectivity index (χ0v) is 49.1. The maximum atomic E-state index is 14.9. The Hall–Kier alpha value is -8.90. The largest absolute Gasteiger partial charge is 0.508 e. The first-order valence-corrected chi connectivity index (χ1v) is 28.9. The molecule has 30 nitrogen and oxygen atoms in total. The molecule has 9 amide bonds. The summed E-state index contributed by atoms with van der Waals surface area (Å²) in [6, 6.07) is -0.254. The predicted octanol–water partition coefficient (Wildman–Crippen LogP) is -2.81. The summed E-state index contributed by atoms with van der Waals surface area (Å²) in [5, 5.41) is 58.9. The normalized spacial score (nSPS) is 16.1. The van der Waals surface area contributed by atoms with E-state index < -0.39 is 151 Å². The number of nitrogens with two attached hydrogens (primary N) is 5. The molecule has 3 aromatic rings. The number of aliphatic hydroxyl groups excluding tert-OH is 1. The first kappa shape index (κ1) is 70.6. The van der Waals surface area contributed by atoms with Crippen LogP contribution >= 0.6 is 0 Å². The molecule has 1 aliphatic heterocycles. The molecule has 4 rings (SSSR count). The van der Waals surface area contributed by atoms with E-state index in [0.29, 0.717) is 29.4 Å². The van der Waals surface area contributed by atoms with Crippen molar-refractivity contribution in [3.05, 3.63) is 65.9 Å². The van der Waals surface area contributed by atoms with Crippen LogP contribution < -0.4 is 65.9 Å². The predicted molar refractivity (Wildman–Crippen MR) is 317 cm³/mol. The van der Waals surface area contributed by atoms with Gasteiger partial charge in [-0.25, -0.2) is 4.79 Å². The summed E-state index contributed by atoms with van der Waals surface area (Å²) in [5.41, 5.74) is 29.7. The number of phenolic OH excluding ortho intramolecular Hbond substituents is 1. The number of hydrogen-bond donors (Lipinski definition) is 17. The Morgan fingerprint density at radius 3 is 1.86 bits per heavy atom. The Balaban J connectivity index is 1.58. The van der Waals surface area contributed by atoms with E-state index in [9.17, 15) is 73.2 Å². The lowest BCUT2D eigenvalue weighted by molar-refractivity contribution is -0.144. The van der Waals surface area contributed by atoms with E-state index in [0.717, 1.165) is 5.52 Å². The molecule has 0 aliphatic carbocycles. The topological polar surface area (TPSA) is 514 Å². The SMILES string of the molecule is CC(C)C[C@H](NC(=O)[C@H](CCC(N)=O)NC(=O)[C@H](CCCCN)NC(=O)[C@@H](NC(=O)[C@@H](N)CCCN=C(N)N)[C@@H](C)O)C(=O)N[C@@H](Cc1ccc(O)cc1)C(=O)N1CCC[C@H]1C(=O)N[C@@H](CCC(=O)O)C(=O)N[C@@H](Cc1c[nH]c2ccccc12)C(=O)O. The number of para-hydroxylation sites is 1. The summed E-state index contributed by atoms with van der Waals surface area (Å²) in [6.45, 7) is 5.05. The maximum absolute atomic E-state index is 14.9. The van der Waals surface area contributed by atoms with Crippen molar-refractivity contribution in [3.63, 3.8) is 0 Å². The molecule has 10 atom stereocenters. The van der Waals surface area contributed by atoms with E-state index in [1.807, 2.05) is 0 Å². The summed E-state index contributed by atoms with van der Waals surface area (Å²) in [5.74, 6) is -11.4. The maximum Gasteiger partial charge on any atom is 0.326 e. The molecule has 0 bridgehead atoms. The second-order valence-corrected chi connectivity index (χ2v) is 22.0. The number of aromatic nitrogens is 1. The number of phenols is 1. The quantitative estimate of drug-likeness (QED) is 0.0157. The number of aliphatic hydroxyl groups is 1. The van der Waals surface area contributed by atoms with Crippen LogP contribution in [0.1, 0.15) is 109 Å². The number of unbranched alkanes of at least 4 members (excludes halogenated alkanes) is 1. The summed E-state index contributed by atoms with van der Waals surface area (Å²) >= 11 is 0. The molecule has 478 valence electrons. The van der Waals surface area contributed by atoms with Crippen LogP contribution in [0.5, 0.6) is 5.75 Å². The van der Waals surface area contributed by atoms with Crippen LogP contribution in [0.25, 0.3) is 10.9 Å². The van der Waals surface area contributed by atoms with Gasteiger partial charge in [-0.2, -0.15) is 0 Å². The number of aromatic hydroxyl groups is 1. The number of hydrogen-bond acceptors (Lipinski definition) is 16. The first-order valence-electron chi connectivity index (χ1n) is 28.9. The number of primary amides is 1. The fourth-order valence-corrected chi connectivity index (χ4v) is 9.78. The number of likely N-dealkylation sites (tertiary alicyclic amines) is 1. The van der Waals surface area contributed by atoms with Crippen molar-refractivity contribution in [1.82, 2.24) is 47.1 Å². The van der Waals surface area contributed by atoms with Crippen molar-refractivity contribution in [3.8, 4) is 5.75 Å². The van der Waals surface area contributed by atoms with E-state index >= 15 is 0 Å². The molecule has 0 radical (unpaired) electrons. The molecule has 1 aromatic heterocycles. The average molecular weight is 1220 g/mol. The van der Waals surface area contributed by atoms with Gasteiger partial charge in [-0.1, -0.05) is 44.2 Å². The molecule has 87 heavy (non-hydrogen) atoms. The van der Waals surface area contributed by atoms with Crippen LogP contribution in [-0.4, -0.2) is 181 Å². The van der Waals surface area contributed by atoms with Crippen LogP contribution in [0.4, 0.5) is 0 Å². The van der Waals surface area contributed by atoms with Gasteiger partial charge in [0.1, 0.15) is 54.1 Å². The van der Waals surface area contributed by atoms with Crippen molar-refractivity contribution in [2.24, 2.45) is 39.6 Å². The van der Waals surface area contributed by atoms with Crippen molar-refractivity contribution < 1.29 is 73.2 Å². The molecule has 0 spiro atoms. The molecule has 1 fully saturated rings. The van der Waals surface area contributed by atoms with Crippen LogP contribution in [-0.2, 0) is 65.6 Å². The average Bonchev–Trinajstić information content (AvgIpc) is 2.83. The van der Waals surface area contributed by atoms with E-state index in [4.69, 9.17) is 28.7 Å². The number of guanidine groups is 1. The zero-order valence-electron chi connectivity index (χ0n) is 49.1. The number of nitrogens with one attached hydrogen (secondary N) is 8. The van der Waals surface area contributed by atoms with E-state index in [2.05, 4.69) is 47.2 Å². The number of aliphatic imine (C=N–C) groups is 1. The molecule has 1 aliphatic rings. The highest BCUT2D eigenvalue weighted by Crippen LogP contribution is 2.23. The molecule has 0 saturated carbocycles. The van der Waals surface area contributed by atoms with Gasteiger partial charge in [-0.05, 0) is 113 Å². The zero-order chi connectivity index (χ0) is 64.5. The lowest BCUT2D eigenvalue weighted by Gasteiger charge is -2.31. The number of nitrogens with zero attached hydrogens (tertiary/aromatic N) is 2. The highest BCUT2D eigenvalue weighted by Gasteiger charge is 2.41. The number of fused-ring (bicyclic) bond motifs is 1. The Morgan fingerprint density at radius 1 is 0.667 bits per heavy atom. The fourth-order valence-electron chi connectivity index (χ4n) is 9.78. The third-order valence-corrected chi connectivity index (χ3v) is 14.4. The van der Waals surface area contributed by atoms with Crippen molar-refractivity contribution in [2.45, 2.75) is 171 Å². The molecular formula is C57H85N15O15. The Labute approximate surface area is 502 Å². The van der Waals surface area contributed by atoms with E-state index in [-0.39, 0.29) is 88.6 Å². The van der Waals surface area contributed by atoms with Crippen molar-refractivity contribution in [2.75, 3.05) is 19.6 Å². The molecule has 22 N–H and O–H groups in total. The number of aliphatic carboxylic acids is 2.